The van der Waals surface area contributed by atoms with Gasteiger partial charge in [0.2, 0.25) is 17.8 Å². The zero-order valence-electron chi connectivity index (χ0n) is 12.2. The van der Waals surface area contributed by atoms with Crippen LogP contribution in [0.15, 0.2) is 35.5 Å². The Bertz CT molecular complexity index is 771. The highest BCUT2D eigenvalue weighted by Crippen LogP contribution is 2.38. The Hall–Kier alpha value is -2.35. The number of anilines is 2. The van der Waals surface area contributed by atoms with Gasteiger partial charge in [0, 0.05) is 17.4 Å². The molecule has 2 amide bonds. The number of aromatic nitrogens is 3. The predicted molar refractivity (Wildman–Crippen MR) is 86.3 cm³/mol. The normalized spacial score (nSPS) is 19.8. The number of carbonyl (C=O) groups excluding carboxylic acids is 2. The lowest BCUT2D eigenvalue weighted by Crippen LogP contribution is -2.32. The van der Waals surface area contributed by atoms with Crippen LogP contribution in [0, 0.1) is 0 Å². The highest BCUT2D eigenvalue weighted by Gasteiger charge is 2.30. The Kier molecular flexibility index (Phi) is 3.53. The van der Waals surface area contributed by atoms with E-state index in [0.29, 0.717) is 12.0 Å². The van der Waals surface area contributed by atoms with E-state index in [-0.39, 0.29) is 18.2 Å². The summed E-state index contributed by atoms with van der Waals surface area (Å²) in [4.78, 5) is 25.4. The van der Waals surface area contributed by atoms with E-state index in [1.165, 1.54) is 11.8 Å². The predicted octanol–water partition coefficient (Wildman–Crippen LogP) is 2.05. The number of hydrogen-bond donors (Lipinski definition) is 2. The number of hydrogen-bond acceptors (Lipinski definition) is 5. The molecule has 1 fully saturated rings. The fourth-order valence-corrected chi connectivity index (χ4v) is 3.63. The van der Waals surface area contributed by atoms with Gasteiger partial charge in [-0.3, -0.25) is 19.5 Å². The van der Waals surface area contributed by atoms with Crippen LogP contribution in [-0.4, -0.2) is 31.8 Å². The minimum Gasteiger partial charge on any atom is -0.324 e. The van der Waals surface area contributed by atoms with Gasteiger partial charge < -0.3 is 5.32 Å². The van der Waals surface area contributed by atoms with Crippen molar-refractivity contribution in [1.82, 2.24) is 14.8 Å². The number of rotatable bonds is 4. The monoisotopic (exact) mass is 329 g/mol. The summed E-state index contributed by atoms with van der Waals surface area (Å²) in [7, 11) is 0. The number of benzene rings is 1. The molecule has 7 nitrogen and oxygen atoms in total. The van der Waals surface area contributed by atoms with Crippen LogP contribution >= 0.6 is 11.8 Å². The van der Waals surface area contributed by atoms with Crippen molar-refractivity contribution in [2.75, 3.05) is 10.6 Å². The number of amides is 2. The summed E-state index contributed by atoms with van der Waals surface area (Å²) in [5.41, 5.74) is 0.799. The molecule has 1 aromatic heterocycles. The standard InChI is InChI=1S/C15H15N5O2S/c21-13(18-15-19-16-8-20(15)9-5-6-9)7-12-14(22)17-10-3-1-2-4-11(10)23-12/h1-4,8-9,12H,5-7H2,(H,17,22)(H,18,19,21). The summed E-state index contributed by atoms with van der Waals surface area (Å²) in [5, 5.41) is 12.9. The lowest BCUT2D eigenvalue weighted by Gasteiger charge is -2.23. The maximum Gasteiger partial charge on any atom is 0.238 e. The molecule has 0 bridgehead atoms. The van der Waals surface area contributed by atoms with E-state index in [0.717, 1.165) is 23.4 Å². The molecule has 2 aliphatic rings. The summed E-state index contributed by atoms with van der Waals surface area (Å²) in [6, 6.07) is 7.97. The van der Waals surface area contributed by atoms with Gasteiger partial charge in [-0.05, 0) is 25.0 Å². The van der Waals surface area contributed by atoms with Crippen molar-refractivity contribution in [2.45, 2.75) is 35.4 Å². The van der Waals surface area contributed by atoms with Gasteiger partial charge in [0.05, 0.1) is 10.9 Å². The van der Waals surface area contributed by atoms with Gasteiger partial charge in [-0.2, -0.15) is 0 Å². The van der Waals surface area contributed by atoms with Crippen molar-refractivity contribution in [2.24, 2.45) is 0 Å². The molecule has 2 N–H and O–H groups in total. The minimum atomic E-state index is -0.442. The number of carbonyl (C=O) groups is 2. The molecule has 1 saturated carbocycles. The van der Waals surface area contributed by atoms with Gasteiger partial charge in [-0.25, -0.2) is 0 Å². The molecule has 2 heterocycles. The van der Waals surface area contributed by atoms with Gasteiger partial charge in [0.15, 0.2) is 0 Å². The third kappa shape index (κ3) is 2.94. The summed E-state index contributed by atoms with van der Waals surface area (Å²) in [6.07, 6.45) is 3.89. The molecule has 118 valence electrons. The highest BCUT2D eigenvalue weighted by molar-refractivity contribution is 8.01. The van der Waals surface area contributed by atoms with E-state index in [1.807, 2.05) is 28.8 Å². The second kappa shape index (κ2) is 5.69. The molecule has 0 spiro atoms. The van der Waals surface area contributed by atoms with Crippen molar-refractivity contribution in [3.05, 3.63) is 30.6 Å². The SMILES string of the molecule is O=C(CC1Sc2ccccc2NC1=O)Nc1nncn1C1CC1. The molecule has 1 unspecified atom stereocenters. The van der Waals surface area contributed by atoms with Gasteiger partial charge in [-0.15, -0.1) is 22.0 Å². The molecular formula is C15H15N5O2S. The third-order valence-corrected chi connectivity index (χ3v) is 5.12. The average molecular weight is 329 g/mol. The van der Waals surface area contributed by atoms with Crippen molar-refractivity contribution in [3.8, 4) is 0 Å². The zero-order chi connectivity index (χ0) is 15.8. The summed E-state index contributed by atoms with van der Waals surface area (Å²) in [6.45, 7) is 0. The first-order valence-electron chi connectivity index (χ1n) is 7.46. The fourth-order valence-electron chi connectivity index (χ4n) is 2.52. The molecule has 4 rings (SSSR count). The maximum absolute atomic E-state index is 12.2. The van der Waals surface area contributed by atoms with Crippen LogP contribution in [0.1, 0.15) is 25.3 Å². The number of para-hydroxylation sites is 1. The largest absolute Gasteiger partial charge is 0.324 e. The molecule has 0 radical (unpaired) electrons. The molecule has 2 aromatic rings. The molecule has 1 aromatic carbocycles. The highest BCUT2D eigenvalue weighted by atomic mass is 32.2. The summed E-state index contributed by atoms with van der Waals surface area (Å²) in [5.74, 6) is 0.0820. The zero-order valence-corrected chi connectivity index (χ0v) is 13.0. The molecular weight excluding hydrogens is 314 g/mol. The van der Waals surface area contributed by atoms with Crippen molar-refractivity contribution >= 4 is 35.2 Å². The van der Waals surface area contributed by atoms with Crippen LogP contribution < -0.4 is 10.6 Å². The second-order valence-electron chi connectivity index (χ2n) is 5.64. The first kappa shape index (κ1) is 14.3. The fraction of sp³-hybridized carbons (Fsp3) is 0.333. The number of nitrogens with zero attached hydrogens (tertiary/aromatic N) is 3. The lowest BCUT2D eigenvalue weighted by molar-refractivity contribution is -0.120. The van der Waals surface area contributed by atoms with Crippen molar-refractivity contribution < 1.29 is 9.59 Å². The first-order valence-corrected chi connectivity index (χ1v) is 8.34. The Balaban J connectivity index is 1.42. The topological polar surface area (TPSA) is 88.9 Å². The summed E-state index contributed by atoms with van der Waals surface area (Å²) >= 11 is 1.41. The van der Waals surface area contributed by atoms with Gasteiger partial charge >= 0.3 is 0 Å². The Morgan fingerprint density at radius 1 is 1.39 bits per heavy atom. The maximum atomic E-state index is 12.2. The van der Waals surface area contributed by atoms with Gasteiger partial charge in [-0.1, -0.05) is 12.1 Å². The van der Waals surface area contributed by atoms with E-state index >= 15 is 0 Å². The number of fused-ring (bicyclic) bond motifs is 1. The summed E-state index contributed by atoms with van der Waals surface area (Å²) < 4.78 is 1.88. The Labute approximate surface area is 136 Å². The van der Waals surface area contributed by atoms with Gasteiger partial charge in [0.1, 0.15) is 6.33 Å². The van der Waals surface area contributed by atoms with Crippen LogP contribution in [0.25, 0.3) is 0 Å². The smallest absolute Gasteiger partial charge is 0.238 e. The molecule has 23 heavy (non-hydrogen) atoms. The third-order valence-electron chi connectivity index (χ3n) is 3.84. The number of thioether (sulfide) groups is 1. The Morgan fingerprint density at radius 3 is 3.04 bits per heavy atom. The Morgan fingerprint density at radius 2 is 2.22 bits per heavy atom. The van der Waals surface area contributed by atoms with Crippen molar-refractivity contribution in [3.63, 3.8) is 0 Å². The van der Waals surface area contributed by atoms with E-state index in [1.54, 1.807) is 6.33 Å². The molecule has 1 aliphatic heterocycles. The lowest BCUT2D eigenvalue weighted by atomic mass is 10.2. The van der Waals surface area contributed by atoms with E-state index in [2.05, 4.69) is 20.8 Å². The van der Waals surface area contributed by atoms with Crippen LogP contribution in [0.5, 0.6) is 0 Å². The molecule has 1 aliphatic carbocycles. The molecule has 0 saturated heterocycles. The van der Waals surface area contributed by atoms with Crippen LogP contribution in [0.2, 0.25) is 0 Å². The average Bonchev–Trinajstić information content (AvgIpc) is 3.28. The first-order chi connectivity index (χ1) is 11.2. The number of nitrogens with one attached hydrogen (secondary N) is 2. The van der Waals surface area contributed by atoms with Crippen molar-refractivity contribution in [1.29, 1.82) is 0 Å². The molecule has 1 atom stereocenters. The second-order valence-corrected chi connectivity index (χ2v) is 6.88. The van der Waals surface area contributed by atoms with E-state index < -0.39 is 5.25 Å². The van der Waals surface area contributed by atoms with Crippen LogP contribution in [-0.2, 0) is 9.59 Å². The minimum absolute atomic E-state index is 0.0996. The molecule has 8 heteroatoms. The van der Waals surface area contributed by atoms with Crippen LogP contribution in [0.4, 0.5) is 11.6 Å². The van der Waals surface area contributed by atoms with Gasteiger partial charge in [0.25, 0.3) is 0 Å². The van der Waals surface area contributed by atoms with Crippen LogP contribution in [0.3, 0.4) is 0 Å². The quantitative estimate of drug-likeness (QED) is 0.896. The van der Waals surface area contributed by atoms with E-state index in [9.17, 15) is 9.59 Å². The van der Waals surface area contributed by atoms with E-state index in [4.69, 9.17) is 0 Å².